The van der Waals surface area contributed by atoms with Gasteiger partial charge in [-0.15, -0.1) is 0 Å². The molecule has 1 amide bonds. The van der Waals surface area contributed by atoms with Gasteiger partial charge < -0.3 is 20.5 Å². The van der Waals surface area contributed by atoms with Crippen molar-refractivity contribution in [1.29, 1.82) is 0 Å². The van der Waals surface area contributed by atoms with Crippen LogP contribution in [-0.4, -0.2) is 30.2 Å². The van der Waals surface area contributed by atoms with Crippen LogP contribution >= 0.6 is 0 Å². The zero-order valence-corrected chi connectivity index (χ0v) is 17.2. The molecule has 0 heterocycles. The van der Waals surface area contributed by atoms with Crippen LogP contribution < -0.4 is 15.4 Å². The summed E-state index contributed by atoms with van der Waals surface area (Å²) in [5.41, 5.74) is 2.53. The summed E-state index contributed by atoms with van der Waals surface area (Å²) in [5.74, 6) is -0.572. The van der Waals surface area contributed by atoms with Crippen LogP contribution in [0.1, 0.15) is 60.2 Å². The largest absolute Gasteiger partial charge is 0.484 e. The molecule has 0 aromatic heterocycles. The number of benzene rings is 2. The van der Waals surface area contributed by atoms with Gasteiger partial charge in [0.05, 0.1) is 6.10 Å². The summed E-state index contributed by atoms with van der Waals surface area (Å²) in [7, 11) is 1.62. The molecule has 1 fully saturated rings. The van der Waals surface area contributed by atoms with Gasteiger partial charge in [0.25, 0.3) is 5.91 Å². The SMILES string of the molecule is CNc1c(F)cc(C(=O)NC2CCC(O)CC2)cc1OC(C)c1cccc(C)c1. The highest BCUT2D eigenvalue weighted by Gasteiger charge is 2.23. The average Bonchev–Trinajstić information content (AvgIpc) is 2.69. The number of aliphatic hydroxyl groups is 1. The molecule has 0 aliphatic heterocycles. The van der Waals surface area contributed by atoms with Gasteiger partial charge >= 0.3 is 0 Å². The van der Waals surface area contributed by atoms with Crippen LogP contribution in [0.25, 0.3) is 0 Å². The Hall–Kier alpha value is -2.60. The Morgan fingerprint density at radius 2 is 1.93 bits per heavy atom. The Bertz CT molecular complexity index is 863. The monoisotopic (exact) mass is 400 g/mol. The molecule has 0 saturated heterocycles. The molecule has 1 aliphatic carbocycles. The molecule has 156 valence electrons. The Labute approximate surface area is 171 Å². The fraction of sp³-hybridized carbons (Fsp3) is 0.435. The lowest BCUT2D eigenvalue weighted by Crippen LogP contribution is -2.38. The number of halogens is 1. The van der Waals surface area contributed by atoms with E-state index in [9.17, 15) is 14.3 Å². The lowest BCUT2D eigenvalue weighted by molar-refractivity contribution is 0.0866. The zero-order chi connectivity index (χ0) is 21.0. The maximum Gasteiger partial charge on any atom is 0.251 e. The highest BCUT2D eigenvalue weighted by Crippen LogP contribution is 2.33. The van der Waals surface area contributed by atoms with Crippen molar-refractivity contribution in [1.82, 2.24) is 5.32 Å². The van der Waals surface area contributed by atoms with Crippen molar-refractivity contribution >= 4 is 11.6 Å². The number of aryl methyl sites for hydroxylation is 1. The Morgan fingerprint density at radius 1 is 1.21 bits per heavy atom. The highest BCUT2D eigenvalue weighted by atomic mass is 19.1. The molecule has 29 heavy (non-hydrogen) atoms. The van der Waals surface area contributed by atoms with Gasteiger partial charge in [-0.1, -0.05) is 29.8 Å². The van der Waals surface area contributed by atoms with Crippen molar-refractivity contribution < 1.29 is 19.0 Å². The van der Waals surface area contributed by atoms with Gasteiger partial charge in [-0.25, -0.2) is 4.39 Å². The lowest BCUT2D eigenvalue weighted by Gasteiger charge is -2.26. The standard InChI is InChI=1S/C23H29FN2O3/c1-14-5-4-6-16(11-14)15(2)29-21-13-17(12-20(24)22(21)25-3)23(28)26-18-7-9-19(27)10-8-18/h4-6,11-13,15,18-19,25,27H,7-10H2,1-3H3,(H,26,28). The van der Waals surface area contributed by atoms with Crippen molar-refractivity contribution in [2.75, 3.05) is 12.4 Å². The molecule has 1 aliphatic rings. The molecule has 0 bridgehead atoms. The number of amides is 1. The van der Waals surface area contributed by atoms with Gasteiger partial charge in [0.2, 0.25) is 0 Å². The van der Waals surface area contributed by atoms with Crippen LogP contribution in [0.5, 0.6) is 5.75 Å². The third-order valence-electron chi connectivity index (χ3n) is 5.41. The van der Waals surface area contributed by atoms with Crippen molar-refractivity contribution in [3.8, 4) is 5.75 Å². The van der Waals surface area contributed by atoms with E-state index in [0.29, 0.717) is 18.6 Å². The normalized spacial score (nSPS) is 20.0. The smallest absolute Gasteiger partial charge is 0.251 e. The zero-order valence-electron chi connectivity index (χ0n) is 17.2. The maximum absolute atomic E-state index is 14.7. The van der Waals surface area contributed by atoms with E-state index in [-0.39, 0.29) is 35.4 Å². The Balaban J connectivity index is 1.79. The maximum atomic E-state index is 14.7. The average molecular weight is 400 g/mol. The molecule has 6 heteroatoms. The molecular formula is C23H29FN2O3. The van der Waals surface area contributed by atoms with Crippen LogP contribution in [-0.2, 0) is 0 Å². The number of rotatable bonds is 6. The molecular weight excluding hydrogens is 371 g/mol. The summed E-state index contributed by atoms with van der Waals surface area (Å²) >= 11 is 0. The molecule has 3 rings (SSSR count). The van der Waals surface area contributed by atoms with Gasteiger partial charge in [-0.2, -0.15) is 0 Å². The molecule has 1 atom stereocenters. The second-order valence-electron chi connectivity index (χ2n) is 7.73. The van der Waals surface area contributed by atoms with E-state index in [4.69, 9.17) is 4.74 Å². The first-order valence-corrected chi connectivity index (χ1v) is 10.1. The van der Waals surface area contributed by atoms with Gasteiger partial charge in [0, 0.05) is 18.7 Å². The molecule has 1 saturated carbocycles. The van der Waals surface area contributed by atoms with Crippen LogP contribution in [0.2, 0.25) is 0 Å². The van der Waals surface area contributed by atoms with E-state index in [0.717, 1.165) is 24.0 Å². The topological polar surface area (TPSA) is 70.6 Å². The number of carbonyl (C=O) groups excluding carboxylic acids is 1. The molecule has 3 N–H and O–H groups in total. The highest BCUT2D eigenvalue weighted by molar-refractivity contribution is 5.95. The first-order chi connectivity index (χ1) is 13.9. The summed E-state index contributed by atoms with van der Waals surface area (Å²) in [6, 6.07) is 10.7. The van der Waals surface area contributed by atoms with E-state index < -0.39 is 5.82 Å². The van der Waals surface area contributed by atoms with Crippen LogP contribution in [0.3, 0.4) is 0 Å². The number of nitrogens with one attached hydrogen (secondary N) is 2. The molecule has 5 nitrogen and oxygen atoms in total. The third-order valence-corrected chi connectivity index (χ3v) is 5.41. The van der Waals surface area contributed by atoms with Crippen molar-refractivity contribution in [3.63, 3.8) is 0 Å². The summed E-state index contributed by atoms with van der Waals surface area (Å²) < 4.78 is 20.7. The van der Waals surface area contributed by atoms with E-state index in [1.165, 1.54) is 6.07 Å². The predicted molar refractivity (Wildman–Crippen MR) is 112 cm³/mol. The molecule has 0 spiro atoms. The van der Waals surface area contributed by atoms with E-state index in [1.54, 1.807) is 13.1 Å². The summed E-state index contributed by atoms with van der Waals surface area (Å²) in [6.07, 6.45) is 2.18. The number of hydrogen-bond donors (Lipinski definition) is 3. The van der Waals surface area contributed by atoms with Crippen molar-refractivity contribution in [3.05, 3.63) is 58.9 Å². The van der Waals surface area contributed by atoms with Gasteiger partial charge in [0.15, 0.2) is 5.82 Å². The first-order valence-electron chi connectivity index (χ1n) is 10.1. The van der Waals surface area contributed by atoms with Gasteiger partial charge in [-0.05, 0) is 57.2 Å². The number of hydrogen-bond acceptors (Lipinski definition) is 4. The number of anilines is 1. The lowest BCUT2D eigenvalue weighted by atomic mass is 9.93. The molecule has 2 aromatic rings. The second-order valence-corrected chi connectivity index (χ2v) is 7.73. The minimum Gasteiger partial charge on any atom is -0.484 e. The third kappa shape index (κ3) is 5.26. The van der Waals surface area contributed by atoms with Crippen LogP contribution in [0.4, 0.5) is 10.1 Å². The fourth-order valence-electron chi connectivity index (χ4n) is 3.72. The van der Waals surface area contributed by atoms with Gasteiger partial charge in [0.1, 0.15) is 17.5 Å². The first kappa shape index (κ1) is 21.1. The van der Waals surface area contributed by atoms with E-state index in [1.807, 2.05) is 38.1 Å². The fourth-order valence-corrected chi connectivity index (χ4v) is 3.72. The summed E-state index contributed by atoms with van der Waals surface area (Å²) in [5, 5.41) is 15.4. The summed E-state index contributed by atoms with van der Waals surface area (Å²) in [4.78, 5) is 12.7. The van der Waals surface area contributed by atoms with Crippen LogP contribution in [0, 0.1) is 12.7 Å². The molecule has 1 unspecified atom stereocenters. The van der Waals surface area contributed by atoms with E-state index in [2.05, 4.69) is 10.6 Å². The van der Waals surface area contributed by atoms with Crippen molar-refractivity contribution in [2.24, 2.45) is 0 Å². The van der Waals surface area contributed by atoms with Gasteiger partial charge in [-0.3, -0.25) is 4.79 Å². The molecule has 0 radical (unpaired) electrons. The number of aliphatic hydroxyl groups excluding tert-OH is 1. The Kier molecular flexibility index (Phi) is 6.75. The minimum absolute atomic E-state index is 0.00600. The van der Waals surface area contributed by atoms with E-state index >= 15 is 0 Å². The minimum atomic E-state index is -0.536. The second kappa shape index (κ2) is 9.27. The summed E-state index contributed by atoms with van der Waals surface area (Å²) in [6.45, 7) is 3.90. The van der Waals surface area contributed by atoms with Crippen molar-refractivity contribution in [2.45, 2.75) is 57.8 Å². The Morgan fingerprint density at radius 3 is 2.59 bits per heavy atom. The van der Waals surface area contributed by atoms with Crippen LogP contribution in [0.15, 0.2) is 36.4 Å². The predicted octanol–water partition coefficient (Wildman–Crippen LogP) is 4.35. The quantitative estimate of drug-likeness (QED) is 0.674. The number of ether oxygens (including phenoxy) is 1. The number of carbonyl (C=O) groups is 1. The molecule has 2 aromatic carbocycles.